The third-order valence-electron chi connectivity index (χ3n) is 2.97. The normalized spacial score (nSPS) is 11.6. The van der Waals surface area contributed by atoms with Gasteiger partial charge in [-0.05, 0) is 38.5 Å². The number of hydrogen-bond acceptors (Lipinski definition) is 4. The van der Waals surface area contributed by atoms with E-state index in [4.69, 9.17) is 5.73 Å². The number of carbonyl (C=O) groups is 1. The van der Waals surface area contributed by atoms with Crippen molar-refractivity contribution in [3.05, 3.63) is 47.3 Å². The van der Waals surface area contributed by atoms with Crippen LogP contribution in [0.3, 0.4) is 0 Å². The molecule has 21 heavy (non-hydrogen) atoms. The standard InChI is InChI=1S/C15H21N5O/c1-15(2,3)17-8-13-10-20(19-18-13)9-11-4-6-12(7-5-11)14(16)21/h4-7,10,17H,8-9H2,1-3H3,(H2,16,21). The number of benzene rings is 1. The summed E-state index contributed by atoms with van der Waals surface area (Å²) in [7, 11) is 0. The van der Waals surface area contributed by atoms with Gasteiger partial charge in [0.2, 0.25) is 5.91 Å². The van der Waals surface area contributed by atoms with Gasteiger partial charge in [0.05, 0.1) is 18.4 Å². The monoisotopic (exact) mass is 287 g/mol. The number of primary amides is 1. The molecule has 0 radical (unpaired) electrons. The van der Waals surface area contributed by atoms with Crippen molar-refractivity contribution in [2.75, 3.05) is 0 Å². The average Bonchev–Trinajstić information content (AvgIpc) is 2.84. The van der Waals surface area contributed by atoms with E-state index in [0.29, 0.717) is 18.7 Å². The Bertz CT molecular complexity index is 610. The zero-order valence-corrected chi connectivity index (χ0v) is 12.6. The van der Waals surface area contributed by atoms with Gasteiger partial charge in [-0.15, -0.1) is 5.10 Å². The minimum absolute atomic E-state index is 0.0500. The van der Waals surface area contributed by atoms with Crippen molar-refractivity contribution < 1.29 is 4.79 Å². The van der Waals surface area contributed by atoms with Crippen molar-refractivity contribution in [2.24, 2.45) is 5.73 Å². The van der Waals surface area contributed by atoms with Crippen LogP contribution < -0.4 is 11.1 Å². The molecule has 0 aliphatic rings. The van der Waals surface area contributed by atoms with Gasteiger partial charge in [-0.3, -0.25) is 4.79 Å². The molecule has 1 aromatic heterocycles. The minimum Gasteiger partial charge on any atom is -0.366 e. The van der Waals surface area contributed by atoms with Gasteiger partial charge < -0.3 is 11.1 Å². The number of nitrogens with two attached hydrogens (primary N) is 1. The van der Waals surface area contributed by atoms with E-state index in [1.807, 2.05) is 18.3 Å². The summed E-state index contributed by atoms with van der Waals surface area (Å²) < 4.78 is 1.78. The Morgan fingerprint density at radius 1 is 1.29 bits per heavy atom. The smallest absolute Gasteiger partial charge is 0.248 e. The summed E-state index contributed by atoms with van der Waals surface area (Å²) >= 11 is 0. The van der Waals surface area contributed by atoms with Crippen LogP contribution in [-0.4, -0.2) is 26.4 Å². The highest BCUT2D eigenvalue weighted by molar-refractivity contribution is 5.92. The van der Waals surface area contributed by atoms with E-state index in [9.17, 15) is 4.79 Å². The molecule has 112 valence electrons. The third-order valence-corrected chi connectivity index (χ3v) is 2.97. The van der Waals surface area contributed by atoms with E-state index >= 15 is 0 Å². The van der Waals surface area contributed by atoms with E-state index in [1.54, 1.807) is 16.8 Å². The molecule has 0 saturated carbocycles. The van der Waals surface area contributed by atoms with Crippen LogP contribution in [0, 0.1) is 0 Å². The van der Waals surface area contributed by atoms with E-state index in [2.05, 4.69) is 36.4 Å². The van der Waals surface area contributed by atoms with Crippen LogP contribution in [0.5, 0.6) is 0 Å². The van der Waals surface area contributed by atoms with Crippen LogP contribution in [0.2, 0.25) is 0 Å². The highest BCUT2D eigenvalue weighted by Crippen LogP contribution is 2.07. The lowest BCUT2D eigenvalue weighted by Gasteiger charge is -2.19. The molecule has 0 aliphatic carbocycles. The largest absolute Gasteiger partial charge is 0.366 e. The fourth-order valence-corrected chi connectivity index (χ4v) is 1.81. The Morgan fingerprint density at radius 3 is 2.52 bits per heavy atom. The van der Waals surface area contributed by atoms with E-state index < -0.39 is 5.91 Å². The lowest BCUT2D eigenvalue weighted by Crippen LogP contribution is -2.35. The van der Waals surface area contributed by atoms with Gasteiger partial charge in [-0.25, -0.2) is 4.68 Å². The second kappa shape index (κ2) is 6.05. The molecule has 2 aromatic rings. The lowest BCUT2D eigenvalue weighted by molar-refractivity contribution is 0.100. The summed E-state index contributed by atoms with van der Waals surface area (Å²) in [6.45, 7) is 7.62. The molecule has 0 bridgehead atoms. The fourth-order valence-electron chi connectivity index (χ4n) is 1.81. The summed E-state index contributed by atoms with van der Waals surface area (Å²) in [4.78, 5) is 11.0. The Kier molecular flexibility index (Phi) is 4.37. The number of hydrogen-bond donors (Lipinski definition) is 2. The van der Waals surface area contributed by atoms with Gasteiger partial charge in [0.1, 0.15) is 0 Å². The molecular formula is C15H21N5O. The Morgan fingerprint density at radius 2 is 1.95 bits per heavy atom. The van der Waals surface area contributed by atoms with Gasteiger partial charge in [-0.2, -0.15) is 0 Å². The van der Waals surface area contributed by atoms with Crippen molar-refractivity contribution in [1.82, 2.24) is 20.3 Å². The number of amides is 1. The third kappa shape index (κ3) is 4.68. The molecular weight excluding hydrogens is 266 g/mol. The summed E-state index contributed by atoms with van der Waals surface area (Å²) in [5, 5.41) is 11.6. The van der Waals surface area contributed by atoms with Gasteiger partial charge in [0.25, 0.3) is 0 Å². The van der Waals surface area contributed by atoms with Crippen LogP contribution in [0.4, 0.5) is 0 Å². The Labute approximate surface area is 124 Å². The molecule has 0 fully saturated rings. The molecule has 0 saturated heterocycles. The summed E-state index contributed by atoms with van der Waals surface area (Å²) in [5.41, 5.74) is 7.71. The highest BCUT2D eigenvalue weighted by Gasteiger charge is 2.10. The van der Waals surface area contributed by atoms with Gasteiger partial charge >= 0.3 is 0 Å². The molecule has 3 N–H and O–H groups in total. The highest BCUT2D eigenvalue weighted by atomic mass is 16.1. The van der Waals surface area contributed by atoms with Crippen LogP contribution in [0.25, 0.3) is 0 Å². The maximum Gasteiger partial charge on any atom is 0.248 e. The molecule has 0 atom stereocenters. The zero-order chi connectivity index (χ0) is 15.5. The molecule has 6 heteroatoms. The first-order valence-corrected chi connectivity index (χ1v) is 6.86. The van der Waals surface area contributed by atoms with Crippen LogP contribution in [0.15, 0.2) is 30.5 Å². The van der Waals surface area contributed by atoms with E-state index in [0.717, 1.165) is 11.3 Å². The van der Waals surface area contributed by atoms with Gasteiger partial charge in [0.15, 0.2) is 0 Å². The SMILES string of the molecule is CC(C)(C)NCc1cn(Cc2ccc(C(N)=O)cc2)nn1. The van der Waals surface area contributed by atoms with E-state index in [1.165, 1.54) is 0 Å². The summed E-state index contributed by atoms with van der Waals surface area (Å²) in [6.07, 6.45) is 1.92. The molecule has 6 nitrogen and oxygen atoms in total. The van der Waals surface area contributed by atoms with Crippen molar-refractivity contribution in [1.29, 1.82) is 0 Å². The quantitative estimate of drug-likeness (QED) is 0.868. The fraction of sp³-hybridized carbons (Fsp3) is 0.400. The molecule has 1 heterocycles. The maximum atomic E-state index is 11.0. The first kappa shape index (κ1) is 15.2. The van der Waals surface area contributed by atoms with Crippen LogP contribution in [-0.2, 0) is 13.1 Å². The molecule has 2 rings (SSSR count). The Balaban J connectivity index is 1.97. The Hall–Kier alpha value is -2.21. The number of nitrogens with zero attached hydrogens (tertiary/aromatic N) is 3. The predicted octanol–water partition coefficient (Wildman–Crippen LogP) is 1.31. The number of carbonyl (C=O) groups excluding carboxylic acids is 1. The molecule has 1 aromatic carbocycles. The molecule has 0 unspecified atom stereocenters. The topological polar surface area (TPSA) is 85.8 Å². The molecule has 1 amide bonds. The number of nitrogens with one attached hydrogen (secondary N) is 1. The first-order valence-electron chi connectivity index (χ1n) is 6.86. The maximum absolute atomic E-state index is 11.0. The second-order valence-corrected chi connectivity index (χ2v) is 6.07. The van der Waals surface area contributed by atoms with Gasteiger partial charge in [0, 0.05) is 17.6 Å². The summed E-state index contributed by atoms with van der Waals surface area (Å²) in [6, 6.07) is 7.18. The zero-order valence-electron chi connectivity index (χ0n) is 12.6. The van der Waals surface area contributed by atoms with Crippen LogP contribution >= 0.6 is 0 Å². The number of aromatic nitrogens is 3. The van der Waals surface area contributed by atoms with Crippen molar-refractivity contribution in [3.8, 4) is 0 Å². The number of rotatable bonds is 5. The minimum atomic E-state index is -0.419. The van der Waals surface area contributed by atoms with Crippen LogP contribution in [0.1, 0.15) is 42.4 Å². The first-order chi connectivity index (χ1) is 9.83. The second-order valence-electron chi connectivity index (χ2n) is 6.07. The molecule has 0 spiro atoms. The van der Waals surface area contributed by atoms with E-state index in [-0.39, 0.29) is 5.54 Å². The van der Waals surface area contributed by atoms with Crippen molar-refractivity contribution in [3.63, 3.8) is 0 Å². The lowest BCUT2D eigenvalue weighted by atomic mass is 10.1. The predicted molar refractivity (Wildman–Crippen MR) is 80.7 cm³/mol. The van der Waals surface area contributed by atoms with Crippen molar-refractivity contribution >= 4 is 5.91 Å². The van der Waals surface area contributed by atoms with Gasteiger partial charge in [-0.1, -0.05) is 17.3 Å². The van der Waals surface area contributed by atoms with Crippen molar-refractivity contribution in [2.45, 2.75) is 39.4 Å². The molecule has 0 aliphatic heterocycles. The average molecular weight is 287 g/mol. The summed E-state index contributed by atoms with van der Waals surface area (Å²) in [5.74, 6) is -0.419.